The van der Waals surface area contributed by atoms with E-state index in [1.807, 2.05) is 25.1 Å². The van der Waals surface area contributed by atoms with E-state index in [1.54, 1.807) is 12.1 Å². The van der Waals surface area contributed by atoms with Gasteiger partial charge < -0.3 is 15.2 Å². The average molecular weight is 320 g/mol. The quantitative estimate of drug-likeness (QED) is 0.750. The van der Waals surface area contributed by atoms with Crippen LogP contribution in [0.15, 0.2) is 42.5 Å². The van der Waals surface area contributed by atoms with E-state index >= 15 is 0 Å². The second-order valence-electron chi connectivity index (χ2n) is 4.92. The third-order valence-electron chi connectivity index (χ3n) is 3.20. The van der Waals surface area contributed by atoms with Crippen molar-refractivity contribution in [1.82, 2.24) is 0 Å². The lowest BCUT2D eigenvalue weighted by molar-refractivity contribution is 0.0697. The molecule has 0 saturated heterocycles. The Morgan fingerprint density at radius 2 is 1.95 bits per heavy atom. The Morgan fingerprint density at radius 3 is 2.59 bits per heavy atom. The number of hydrogen-bond acceptors (Lipinski definition) is 3. The van der Waals surface area contributed by atoms with Crippen LogP contribution in [0, 0.1) is 6.92 Å². The van der Waals surface area contributed by atoms with Crippen LogP contribution in [0.2, 0.25) is 5.02 Å². The van der Waals surface area contributed by atoms with Crippen LogP contribution in [-0.4, -0.2) is 24.2 Å². The van der Waals surface area contributed by atoms with Crippen LogP contribution in [-0.2, 0) is 0 Å². The Morgan fingerprint density at radius 1 is 1.23 bits per heavy atom. The van der Waals surface area contributed by atoms with Crippen LogP contribution in [0.4, 0.5) is 5.69 Å². The SMILES string of the molecule is Cc1cc(Cl)ccc1NCCCOc1ccc(C(=O)O)cc1. The van der Waals surface area contributed by atoms with Crippen LogP contribution < -0.4 is 10.1 Å². The average Bonchev–Trinajstić information content (AvgIpc) is 2.49. The van der Waals surface area contributed by atoms with Gasteiger partial charge in [-0.15, -0.1) is 0 Å². The fourth-order valence-electron chi connectivity index (χ4n) is 2.00. The van der Waals surface area contributed by atoms with E-state index in [2.05, 4.69) is 5.32 Å². The van der Waals surface area contributed by atoms with Crippen molar-refractivity contribution >= 4 is 23.3 Å². The predicted molar refractivity (Wildman–Crippen MR) is 88.2 cm³/mol. The highest BCUT2D eigenvalue weighted by Gasteiger charge is 2.02. The smallest absolute Gasteiger partial charge is 0.335 e. The normalized spacial score (nSPS) is 10.3. The summed E-state index contributed by atoms with van der Waals surface area (Å²) in [6.45, 7) is 3.36. The third kappa shape index (κ3) is 4.67. The van der Waals surface area contributed by atoms with Gasteiger partial charge in [-0.3, -0.25) is 0 Å². The van der Waals surface area contributed by atoms with E-state index in [-0.39, 0.29) is 5.56 Å². The van der Waals surface area contributed by atoms with Gasteiger partial charge in [0.1, 0.15) is 5.75 Å². The molecule has 0 atom stereocenters. The molecule has 116 valence electrons. The molecule has 2 N–H and O–H groups in total. The molecule has 0 aromatic heterocycles. The van der Waals surface area contributed by atoms with Gasteiger partial charge in [0.05, 0.1) is 12.2 Å². The molecule has 2 aromatic rings. The molecule has 0 bridgehead atoms. The van der Waals surface area contributed by atoms with Gasteiger partial charge in [0, 0.05) is 17.3 Å². The van der Waals surface area contributed by atoms with Gasteiger partial charge in [0.25, 0.3) is 0 Å². The highest BCUT2D eigenvalue weighted by Crippen LogP contribution is 2.19. The minimum atomic E-state index is -0.936. The summed E-state index contributed by atoms with van der Waals surface area (Å²) < 4.78 is 5.57. The molecule has 0 saturated carbocycles. The number of anilines is 1. The molecule has 0 aliphatic rings. The van der Waals surface area contributed by atoms with Crippen LogP contribution in [0.3, 0.4) is 0 Å². The molecule has 4 nitrogen and oxygen atoms in total. The summed E-state index contributed by atoms with van der Waals surface area (Å²) in [5, 5.41) is 12.9. The van der Waals surface area contributed by atoms with Crippen LogP contribution in [0.5, 0.6) is 5.75 Å². The first kappa shape index (κ1) is 16.2. The topological polar surface area (TPSA) is 58.6 Å². The van der Waals surface area contributed by atoms with Crippen molar-refractivity contribution in [2.75, 3.05) is 18.5 Å². The molecule has 0 aliphatic heterocycles. The van der Waals surface area contributed by atoms with Crippen molar-refractivity contribution in [3.8, 4) is 5.75 Å². The lowest BCUT2D eigenvalue weighted by Crippen LogP contribution is -2.08. The van der Waals surface area contributed by atoms with E-state index < -0.39 is 5.97 Å². The number of carbonyl (C=O) groups is 1. The number of rotatable bonds is 7. The second-order valence-corrected chi connectivity index (χ2v) is 5.35. The lowest BCUT2D eigenvalue weighted by atomic mass is 10.2. The standard InChI is InChI=1S/C17H18ClNO3/c1-12-11-14(18)5-8-16(12)19-9-2-10-22-15-6-3-13(4-7-15)17(20)21/h3-8,11,19H,2,9-10H2,1H3,(H,20,21). The number of carboxylic acid groups (broad SMARTS) is 1. The molecular weight excluding hydrogens is 302 g/mol. The summed E-state index contributed by atoms with van der Waals surface area (Å²) in [5.74, 6) is -0.262. The Kier molecular flexibility index (Phi) is 5.67. The van der Waals surface area contributed by atoms with E-state index in [0.29, 0.717) is 12.4 Å². The van der Waals surface area contributed by atoms with Crippen LogP contribution in [0.1, 0.15) is 22.3 Å². The van der Waals surface area contributed by atoms with Crippen molar-refractivity contribution in [3.05, 3.63) is 58.6 Å². The van der Waals surface area contributed by atoms with E-state index in [4.69, 9.17) is 21.4 Å². The summed E-state index contributed by atoms with van der Waals surface area (Å²) in [6, 6.07) is 12.1. The Labute approximate surface area is 134 Å². The highest BCUT2D eigenvalue weighted by atomic mass is 35.5. The summed E-state index contributed by atoms with van der Waals surface area (Å²) >= 11 is 5.91. The maximum absolute atomic E-state index is 10.7. The molecule has 0 radical (unpaired) electrons. The van der Waals surface area contributed by atoms with Crippen molar-refractivity contribution in [2.24, 2.45) is 0 Å². The summed E-state index contributed by atoms with van der Waals surface area (Å²) in [6.07, 6.45) is 0.836. The number of benzene rings is 2. The number of hydrogen-bond donors (Lipinski definition) is 2. The maximum Gasteiger partial charge on any atom is 0.335 e. The van der Waals surface area contributed by atoms with Crippen molar-refractivity contribution in [2.45, 2.75) is 13.3 Å². The van der Waals surface area contributed by atoms with Gasteiger partial charge in [0.15, 0.2) is 0 Å². The molecule has 0 fully saturated rings. The zero-order chi connectivity index (χ0) is 15.9. The third-order valence-corrected chi connectivity index (χ3v) is 3.43. The van der Waals surface area contributed by atoms with Gasteiger partial charge >= 0.3 is 5.97 Å². The molecule has 0 spiro atoms. The summed E-state index contributed by atoms with van der Waals surface area (Å²) in [4.78, 5) is 10.7. The van der Waals surface area contributed by atoms with Crippen LogP contribution in [0.25, 0.3) is 0 Å². The number of ether oxygens (including phenoxy) is 1. The number of carboxylic acids is 1. The van der Waals surface area contributed by atoms with Crippen molar-refractivity contribution in [1.29, 1.82) is 0 Å². The van der Waals surface area contributed by atoms with Gasteiger partial charge in [0.2, 0.25) is 0 Å². The molecule has 0 unspecified atom stereocenters. The molecule has 5 heteroatoms. The minimum Gasteiger partial charge on any atom is -0.494 e. The first-order chi connectivity index (χ1) is 10.6. The maximum atomic E-state index is 10.7. The zero-order valence-electron chi connectivity index (χ0n) is 12.3. The fraction of sp³-hybridized carbons (Fsp3) is 0.235. The lowest BCUT2D eigenvalue weighted by Gasteiger charge is -2.10. The molecule has 0 aliphatic carbocycles. The number of aromatic carboxylic acids is 1. The van der Waals surface area contributed by atoms with E-state index in [9.17, 15) is 4.79 Å². The Hall–Kier alpha value is -2.20. The summed E-state index contributed by atoms with van der Waals surface area (Å²) in [7, 11) is 0. The van der Waals surface area contributed by atoms with E-state index in [1.165, 1.54) is 12.1 Å². The van der Waals surface area contributed by atoms with Gasteiger partial charge in [-0.1, -0.05) is 11.6 Å². The van der Waals surface area contributed by atoms with Gasteiger partial charge in [-0.2, -0.15) is 0 Å². The van der Waals surface area contributed by atoms with Crippen molar-refractivity contribution < 1.29 is 14.6 Å². The fourth-order valence-corrected chi connectivity index (χ4v) is 2.23. The molecular formula is C17H18ClNO3. The second kappa shape index (κ2) is 7.71. The first-order valence-corrected chi connectivity index (χ1v) is 7.40. The van der Waals surface area contributed by atoms with Gasteiger partial charge in [-0.05, 0) is 61.4 Å². The molecule has 2 rings (SSSR count). The number of nitrogens with one attached hydrogen (secondary N) is 1. The van der Waals surface area contributed by atoms with E-state index in [0.717, 1.165) is 29.2 Å². The number of aryl methyl sites for hydroxylation is 1. The van der Waals surface area contributed by atoms with Gasteiger partial charge in [-0.25, -0.2) is 4.79 Å². The Balaban J connectivity index is 1.72. The molecule has 22 heavy (non-hydrogen) atoms. The molecule has 2 aromatic carbocycles. The zero-order valence-corrected chi connectivity index (χ0v) is 13.1. The molecule has 0 amide bonds. The molecule has 0 heterocycles. The Bertz CT molecular complexity index is 641. The number of halogens is 1. The monoisotopic (exact) mass is 319 g/mol. The highest BCUT2D eigenvalue weighted by molar-refractivity contribution is 6.30. The minimum absolute atomic E-state index is 0.257. The first-order valence-electron chi connectivity index (χ1n) is 7.02. The van der Waals surface area contributed by atoms with Crippen molar-refractivity contribution in [3.63, 3.8) is 0 Å². The van der Waals surface area contributed by atoms with Crippen LogP contribution >= 0.6 is 11.6 Å². The largest absolute Gasteiger partial charge is 0.494 e. The summed E-state index contributed by atoms with van der Waals surface area (Å²) in [5.41, 5.74) is 2.43. The predicted octanol–water partition coefficient (Wildman–Crippen LogP) is 4.23.